The van der Waals surface area contributed by atoms with Gasteiger partial charge in [0.25, 0.3) is 5.91 Å². The summed E-state index contributed by atoms with van der Waals surface area (Å²) in [5, 5.41) is 3.29. The van der Waals surface area contributed by atoms with Crippen LogP contribution in [0.5, 0.6) is 0 Å². The zero-order chi connectivity index (χ0) is 20.3. The normalized spacial score (nSPS) is 14.3. The summed E-state index contributed by atoms with van der Waals surface area (Å²) in [6, 6.07) is 6.19. The van der Waals surface area contributed by atoms with E-state index in [-0.39, 0.29) is 11.8 Å². The Bertz CT molecular complexity index is 856. The molecule has 148 valence electrons. The first-order valence-corrected chi connectivity index (χ1v) is 9.60. The van der Waals surface area contributed by atoms with E-state index in [1.54, 1.807) is 29.1 Å². The van der Waals surface area contributed by atoms with Crippen molar-refractivity contribution in [3.05, 3.63) is 47.3 Å². The number of carbonyl (C=O) groups excluding carboxylic acids is 2. The van der Waals surface area contributed by atoms with Gasteiger partial charge in [-0.3, -0.25) is 9.59 Å². The lowest BCUT2D eigenvalue weighted by Gasteiger charge is -2.34. The number of para-hydroxylation sites is 1. The molecule has 1 saturated heterocycles. The lowest BCUT2D eigenvalue weighted by atomic mass is 9.98. The second-order valence-electron chi connectivity index (χ2n) is 7.41. The van der Waals surface area contributed by atoms with Gasteiger partial charge in [-0.15, -0.1) is 0 Å². The first-order chi connectivity index (χ1) is 13.4. The molecule has 2 amide bonds. The summed E-state index contributed by atoms with van der Waals surface area (Å²) in [6.45, 7) is 10.1. The van der Waals surface area contributed by atoms with Gasteiger partial charge in [0.05, 0.1) is 5.56 Å². The molecule has 0 aliphatic carbocycles. The summed E-state index contributed by atoms with van der Waals surface area (Å²) in [6.07, 6.45) is 3.12. The number of carbonyl (C=O) groups is 2. The average molecular weight is 381 g/mol. The molecule has 2 aromatic rings. The van der Waals surface area contributed by atoms with E-state index in [0.29, 0.717) is 43.6 Å². The minimum absolute atomic E-state index is 0.0443. The van der Waals surface area contributed by atoms with Crippen LogP contribution in [0.1, 0.15) is 48.2 Å². The maximum Gasteiger partial charge on any atom is 0.257 e. The molecule has 0 unspecified atom stereocenters. The third-order valence-corrected chi connectivity index (χ3v) is 5.07. The van der Waals surface area contributed by atoms with Crippen molar-refractivity contribution in [1.29, 1.82) is 0 Å². The van der Waals surface area contributed by atoms with Crippen LogP contribution in [0.4, 0.5) is 11.6 Å². The number of benzene rings is 1. The van der Waals surface area contributed by atoms with Crippen LogP contribution >= 0.6 is 0 Å². The highest BCUT2D eigenvalue weighted by molar-refractivity contribution is 5.94. The quantitative estimate of drug-likeness (QED) is 0.881. The van der Waals surface area contributed by atoms with Gasteiger partial charge in [-0.2, -0.15) is 0 Å². The number of hydrogen-bond acceptors (Lipinski definition) is 5. The van der Waals surface area contributed by atoms with Crippen molar-refractivity contribution in [1.82, 2.24) is 19.8 Å². The van der Waals surface area contributed by atoms with Crippen molar-refractivity contribution in [3.8, 4) is 0 Å². The van der Waals surface area contributed by atoms with E-state index in [2.05, 4.69) is 35.2 Å². The monoisotopic (exact) mass is 381 g/mol. The van der Waals surface area contributed by atoms with Crippen LogP contribution in [0.3, 0.4) is 0 Å². The Kier molecular flexibility index (Phi) is 5.92. The summed E-state index contributed by atoms with van der Waals surface area (Å²) in [4.78, 5) is 36.3. The molecular formula is C21H27N5O2. The predicted molar refractivity (Wildman–Crippen MR) is 109 cm³/mol. The molecule has 1 aromatic carbocycles. The fourth-order valence-electron chi connectivity index (χ4n) is 3.36. The molecule has 0 atom stereocenters. The summed E-state index contributed by atoms with van der Waals surface area (Å²) >= 11 is 0. The Morgan fingerprint density at radius 2 is 1.64 bits per heavy atom. The molecule has 1 fully saturated rings. The molecule has 0 saturated carbocycles. The van der Waals surface area contributed by atoms with Gasteiger partial charge in [0.1, 0.15) is 0 Å². The maximum atomic E-state index is 12.7. The number of aromatic nitrogens is 2. The molecule has 28 heavy (non-hydrogen) atoms. The maximum absolute atomic E-state index is 12.7. The lowest BCUT2D eigenvalue weighted by molar-refractivity contribution is -0.130. The minimum Gasteiger partial charge on any atom is -0.339 e. The van der Waals surface area contributed by atoms with Crippen LogP contribution in [-0.2, 0) is 4.79 Å². The first-order valence-electron chi connectivity index (χ1n) is 9.60. The standard InChI is InChI=1S/C21H27N5O2/c1-14(2)18-7-5-6-15(3)19(18)24-21-22-12-17(13-23-21)20(28)26-10-8-25(9-11-26)16(4)27/h5-7,12-14H,8-11H2,1-4H3,(H,22,23,24). The van der Waals surface area contributed by atoms with Gasteiger partial charge in [0, 0.05) is 51.2 Å². The molecule has 7 nitrogen and oxygen atoms in total. The second kappa shape index (κ2) is 8.37. The number of nitrogens with zero attached hydrogens (tertiary/aromatic N) is 4. The van der Waals surface area contributed by atoms with Crippen LogP contribution in [0, 0.1) is 6.92 Å². The average Bonchev–Trinajstić information content (AvgIpc) is 2.69. The Hall–Kier alpha value is -2.96. The Balaban J connectivity index is 1.69. The number of piperazine rings is 1. The van der Waals surface area contributed by atoms with E-state index >= 15 is 0 Å². The number of hydrogen-bond donors (Lipinski definition) is 1. The Morgan fingerprint density at radius 3 is 2.21 bits per heavy atom. The fraction of sp³-hybridized carbons (Fsp3) is 0.429. The number of nitrogens with one attached hydrogen (secondary N) is 1. The SMILES string of the molecule is CC(=O)N1CCN(C(=O)c2cnc(Nc3c(C)cccc3C(C)C)nc2)CC1. The summed E-state index contributed by atoms with van der Waals surface area (Å²) in [7, 11) is 0. The van der Waals surface area contributed by atoms with Crippen molar-refractivity contribution >= 4 is 23.5 Å². The molecule has 0 bridgehead atoms. The van der Waals surface area contributed by atoms with Crippen molar-refractivity contribution in [2.24, 2.45) is 0 Å². The smallest absolute Gasteiger partial charge is 0.257 e. The molecule has 2 heterocycles. The van der Waals surface area contributed by atoms with Crippen LogP contribution in [0.25, 0.3) is 0 Å². The Morgan fingerprint density at radius 1 is 1.04 bits per heavy atom. The van der Waals surface area contributed by atoms with E-state index in [9.17, 15) is 9.59 Å². The van der Waals surface area contributed by atoms with Crippen LogP contribution in [0.15, 0.2) is 30.6 Å². The number of anilines is 2. The highest BCUT2D eigenvalue weighted by atomic mass is 16.2. The molecule has 3 rings (SSSR count). The van der Waals surface area contributed by atoms with Crippen molar-refractivity contribution in [2.45, 2.75) is 33.6 Å². The van der Waals surface area contributed by atoms with E-state index in [4.69, 9.17) is 0 Å². The van der Waals surface area contributed by atoms with Crippen molar-refractivity contribution in [2.75, 3.05) is 31.5 Å². The van der Waals surface area contributed by atoms with E-state index in [1.165, 1.54) is 5.56 Å². The fourth-order valence-corrected chi connectivity index (χ4v) is 3.36. The van der Waals surface area contributed by atoms with Gasteiger partial charge in [-0.25, -0.2) is 9.97 Å². The Labute approximate surface area is 165 Å². The topological polar surface area (TPSA) is 78.4 Å². The van der Waals surface area contributed by atoms with Gasteiger partial charge in [0.15, 0.2) is 0 Å². The third kappa shape index (κ3) is 4.30. The number of amides is 2. The van der Waals surface area contributed by atoms with Gasteiger partial charge in [0.2, 0.25) is 11.9 Å². The highest BCUT2D eigenvalue weighted by Gasteiger charge is 2.23. The summed E-state index contributed by atoms with van der Waals surface area (Å²) < 4.78 is 0. The molecule has 0 spiro atoms. The van der Waals surface area contributed by atoms with Gasteiger partial charge in [-0.05, 0) is 24.0 Å². The van der Waals surface area contributed by atoms with E-state index < -0.39 is 0 Å². The molecule has 1 N–H and O–H groups in total. The first kappa shape index (κ1) is 19.8. The van der Waals surface area contributed by atoms with Gasteiger partial charge >= 0.3 is 0 Å². The molecule has 1 aromatic heterocycles. The minimum atomic E-state index is -0.103. The highest BCUT2D eigenvalue weighted by Crippen LogP contribution is 2.29. The van der Waals surface area contributed by atoms with E-state index in [1.807, 2.05) is 19.1 Å². The van der Waals surface area contributed by atoms with Crippen LogP contribution in [0.2, 0.25) is 0 Å². The van der Waals surface area contributed by atoms with Crippen LogP contribution < -0.4 is 5.32 Å². The van der Waals surface area contributed by atoms with Crippen molar-refractivity contribution in [3.63, 3.8) is 0 Å². The number of rotatable bonds is 4. The predicted octanol–water partition coefficient (Wildman–Crippen LogP) is 2.96. The molecule has 1 aliphatic rings. The third-order valence-electron chi connectivity index (χ3n) is 5.07. The largest absolute Gasteiger partial charge is 0.339 e. The number of aryl methyl sites for hydroxylation is 1. The van der Waals surface area contributed by atoms with Gasteiger partial charge < -0.3 is 15.1 Å². The summed E-state index contributed by atoms with van der Waals surface area (Å²) in [5.74, 6) is 0.780. The molecule has 1 aliphatic heterocycles. The molecule has 7 heteroatoms. The molecule has 0 radical (unpaired) electrons. The van der Waals surface area contributed by atoms with Crippen LogP contribution in [-0.4, -0.2) is 57.8 Å². The van der Waals surface area contributed by atoms with Gasteiger partial charge in [-0.1, -0.05) is 32.0 Å². The second-order valence-corrected chi connectivity index (χ2v) is 7.41. The van der Waals surface area contributed by atoms with Crippen molar-refractivity contribution < 1.29 is 9.59 Å². The van der Waals surface area contributed by atoms with E-state index in [0.717, 1.165) is 11.3 Å². The summed E-state index contributed by atoms with van der Waals surface area (Å²) in [5.41, 5.74) is 3.79. The molecular weight excluding hydrogens is 354 g/mol. The lowest BCUT2D eigenvalue weighted by Crippen LogP contribution is -2.50. The zero-order valence-electron chi connectivity index (χ0n) is 16.9. The zero-order valence-corrected chi connectivity index (χ0v) is 16.9.